The van der Waals surface area contributed by atoms with Crippen molar-refractivity contribution in [3.63, 3.8) is 0 Å². The minimum atomic E-state index is -5.50. The second-order valence-corrected chi connectivity index (χ2v) is 27.9. The van der Waals surface area contributed by atoms with Crippen LogP contribution < -0.4 is 0 Å². The van der Waals surface area contributed by atoms with Crippen molar-refractivity contribution in [2.45, 2.75) is 198 Å². The molecule has 2 aliphatic heterocycles. The molecule has 0 aromatic rings. The van der Waals surface area contributed by atoms with Gasteiger partial charge in [0.2, 0.25) is 6.10 Å². The number of alkyl halides is 2. The summed E-state index contributed by atoms with van der Waals surface area (Å²) in [7, 11) is -4.96. The van der Waals surface area contributed by atoms with Gasteiger partial charge in [0.05, 0.1) is 67.2 Å². The van der Waals surface area contributed by atoms with Crippen LogP contribution in [0.1, 0.15) is 159 Å². The number of hydrogen-bond donors (Lipinski definition) is 2. The quantitative estimate of drug-likeness (QED) is 0.0665. The fourth-order valence-electron chi connectivity index (χ4n) is 14.8. The Morgan fingerprint density at radius 3 is 2.09 bits per heavy atom. The maximum atomic E-state index is 15.4. The summed E-state index contributed by atoms with van der Waals surface area (Å²) < 4.78 is 97.9. The van der Waals surface area contributed by atoms with Gasteiger partial charge in [0.25, 0.3) is 0 Å². The van der Waals surface area contributed by atoms with Crippen LogP contribution in [0.3, 0.4) is 0 Å². The lowest BCUT2D eigenvalue weighted by Crippen LogP contribution is -2.61. The minimum absolute atomic E-state index is 0.0233. The number of carbonyl (C=O) groups excluding carboxylic acids is 6. The average Bonchev–Trinajstić information content (AvgIpc) is 4.06. The van der Waals surface area contributed by atoms with Crippen LogP contribution in [0, 0.1) is 63.6 Å². The van der Waals surface area contributed by atoms with Crippen molar-refractivity contribution < 1.29 is 93.5 Å². The van der Waals surface area contributed by atoms with Crippen LogP contribution >= 0.6 is 0 Å². The van der Waals surface area contributed by atoms with Crippen LogP contribution in [0.15, 0.2) is 0 Å². The molecule has 2 N–H and O–H groups in total. The van der Waals surface area contributed by atoms with Crippen LogP contribution in [0.2, 0.25) is 0 Å². The van der Waals surface area contributed by atoms with Gasteiger partial charge in [0.15, 0.2) is 6.61 Å². The first-order chi connectivity index (χ1) is 34.0. The van der Waals surface area contributed by atoms with Crippen LogP contribution in [-0.2, 0) is 76.2 Å². The Bertz CT molecular complexity index is 2260. The predicted octanol–water partition coefficient (Wildman–Crippen LogP) is 6.52. The summed E-state index contributed by atoms with van der Waals surface area (Å²) in [4.78, 5) is 85.4. The van der Waals surface area contributed by atoms with Crippen molar-refractivity contribution in [2.75, 3.05) is 33.5 Å². The van der Waals surface area contributed by atoms with E-state index in [-0.39, 0.29) is 86.7 Å². The molecule has 6 bridgehead atoms. The normalized spacial score (nSPS) is 35.0. The second kappa shape index (κ2) is 20.7. The van der Waals surface area contributed by atoms with E-state index >= 15 is 14.4 Å². The Morgan fingerprint density at radius 2 is 1.54 bits per heavy atom. The standard InChI is InChI=1S/C53H80F2O18S/c1-30-33-16-36(37(17-33)38(56)19-40(57)71-46(2,3)4)35(30)18-34(41(58)72-50(9)12-14-67-28-50)24-48(7,44(61)70-39-11-13-68-42(39)59)26-49(8,25-47(5,6)43(60)69-29-53(54,55)74(64,65)66-10)45(62)73-52-22-31-15-32(23-52)21-51(63,20-31)27-52/h30-39,56,63H,11-29H2,1-10H3. The Labute approximate surface area is 433 Å². The molecule has 13 atom stereocenters. The van der Waals surface area contributed by atoms with E-state index < -0.39 is 127 Å². The maximum Gasteiger partial charge on any atom is 0.403 e. The van der Waals surface area contributed by atoms with Gasteiger partial charge in [-0.3, -0.25) is 28.2 Å². The molecule has 18 nitrogen and oxygen atoms in total. The summed E-state index contributed by atoms with van der Waals surface area (Å²) in [6.45, 7) is 13.1. The highest BCUT2D eigenvalue weighted by Gasteiger charge is 2.62. The average molecular weight is 1080 g/mol. The molecule has 420 valence electrons. The Morgan fingerprint density at radius 1 is 0.878 bits per heavy atom. The third kappa shape index (κ3) is 12.6. The Kier molecular flexibility index (Phi) is 16.3. The highest BCUT2D eigenvalue weighted by molar-refractivity contribution is 7.87. The third-order valence-electron chi connectivity index (χ3n) is 17.6. The molecule has 0 aromatic heterocycles. The van der Waals surface area contributed by atoms with E-state index in [1.165, 1.54) is 27.7 Å². The number of carbonyl (C=O) groups is 6. The molecule has 0 aromatic carbocycles. The van der Waals surface area contributed by atoms with Crippen molar-refractivity contribution >= 4 is 45.9 Å². The van der Waals surface area contributed by atoms with Crippen molar-refractivity contribution in [2.24, 2.45) is 63.6 Å². The summed E-state index contributed by atoms with van der Waals surface area (Å²) in [5.41, 5.74) is -9.70. The van der Waals surface area contributed by atoms with Crippen molar-refractivity contribution in [1.82, 2.24) is 0 Å². The fraction of sp³-hybridized carbons (Fsp3) is 0.887. The fourth-order valence-corrected chi connectivity index (χ4v) is 15.3. The lowest BCUT2D eigenvalue weighted by atomic mass is 9.52. The van der Waals surface area contributed by atoms with E-state index in [1.54, 1.807) is 27.7 Å². The first-order valence-electron chi connectivity index (χ1n) is 26.4. The smallest absolute Gasteiger partial charge is 0.403 e. The zero-order chi connectivity index (χ0) is 54.8. The van der Waals surface area contributed by atoms with E-state index in [4.69, 9.17) is 33.2 Å². The molecule has 74 heavy (non-hydrogen) atoms. The highest BCUT2D eigenvalue weighted by atomic mass is 32.2. The predicted molar refractivity (Wildman–Crippen MR) is 256 cm³/mol. The second-order valence-electron chi connectivity index (χ2n) is 26.1. The van der Waals surface area contributed by atoms with Crippen LogP contribution in [0.25, 0.3) is 0 Å². The van der Waals surface area contributed by atoms with Gasteiger partial charge in [-0.1, -0.05) is 6.92 Å². The van der Waals surface area contributed by atoms with Crippen LogP contribution in [0.5, 0.6) is 0 Å². The molecular weight excluding hydrogens is 995 g/mol. The number of halogens is 2. The SMILES string of the molecule is COS(=O)(=O)C(F)(F)COC(=O)C(C)(C)CC(C)(CC(C)(CC(CC1C(C)C2CC(C(O)CC(=O)OC(C)(C)C)C1C2)C(=O)OC1(C)CCOC1)C(=O)OC1CCOC1=O)C(=O)OC12CC3CC(CC(O)(C3)C1)C2. The summed E-state index contributed by atoms with van der Waals surface area (Å²) in [5, 5.41) is 18.6. The van der Waals surface area contributed by atoms with E-state index in [0.29, 0.717) is 52.2 Å². The molecule has 8 fully saturated rings. The third-order valence-corrected chi connectivity index (χ3v) is 18.9. The number of esters is 6. The Hall–Kier alpha value is -3.53. The van der Waals surface area contributed by atoms with Crippen molar-refractivity contribution in [3.05, 3.63) is 0 Å². The van der Waals surface area contributed by atoms with Crippen LogP contribution in [-0.4, -0.2) is 128 Å². The summed E-state index contributed by atoms with van der Waals surface area (Å²) in [5.74, 6) is -6.66. The van der Waals surface area contributed by atoms with Crippen molar-refractivity contribution in [1.29, 1.82) is 0 Å². The van der Waals surface area contributed by atoms with Gasteiger partial charge in [-0.05, 0) is 167 Å². The maximum absolute atomic E-state index is 15.4. The van der Waals surface area contributed by atoms with Crippen molar-refractivity contribution in [3.8, 4) is 0 Å². The number of ether oxygens (including phenoxy) is 7. The van der Waals surface area contributed by atoms with Gasteiger partial charge >= 0.3 is 51.2 Å². The molecule has 8 aliphatic rings. The molecule has 6 aliphatic carbocycles. The zero-order valence-electron chi connectivity index (χ0n) is 44.8. The van der Waals surface area contributed by atoms with Gasteiger partial charge in [0.1, 0.15) is 16.8 Å². The van der Waals surface area contributed by atoms with Gasteiger partial charge < -0.3 is 43.4 Å². The molecule has 21 heteroatoms. The zero-order valence-corrected chi connectivity index (χ0v) is 45.6. The topological polar surface area (TPSA) is 251 Å². The van der Waals surface area contributed by atoms with E-state index in [2.05, 4.69) is 11.1 Å². The minimum Gasteiger partial charge on any atom is -0.463 e. The number of fused-ring (bicyclic) bond motifs is 2. The molecule has 2 saturated heterocycles. The molecule has 2 heterocycles. The number of hydrogen-bond acceptors (Lipinski definition) is 18. The molecule has 6 saturated carbocycles. The molecule has 0 radical (unpaired) electrons. The Balaban J connectivity index is 1.26. The van der Waals surface area contributed by atoms with Gasteiger partial charge in [0, 0.05) is 19.3 Å². The lowest BCUT2D eigenvalue weighted by molar-refractivity contribution is -0.228. The summed E-state index contributed by atoms with van der Waals surface area (Å²) in [6, 6.07) is 0. The number of rotatable bonds is 22. The molecule has 8 rings (SSSR count). The first kappa shape index (κ1) is 58.2. The van der Waals surface area contributed by atoms with Gasteiger partial charge in [-0.2, -0.15) is 17.2 Å². The van der Waals surface area contributed by atoms with Gasteiger partial charge in [-0.25, -0.2) is 4.79 Å². The van der Waals surface area contributed by atoms with Crippen LogP contribution in [0.4, 0.5) is 8.78 Å². The lowest BCUT2D eigenvalue weighted by Gasteiger charge is -2.59. The number of aliphatic hydroxyl groups is 2. The van der Waals surface area contributed by atoms with Gasteiger partial charge in [-0.15, -0.1) is 0 Å². The molecule has 0 spiro atoms. The molecule has 0 amide bonds. The summed E-state index contributed by atoms with van der Waals surface area (Å²) >= 11 is 0. The molecular formula is C53H80F2O18S. The number of cyclic esters (lactones) is 1. The monoisotopic (exact) mass is 1070 g/mol. The van der Waals surface area contributed by atoms with E-state index in [1.807, 2.05) is 0 Å². The number of aliphatic hydroxyl groups excluding tert-OH is 1. The first-order valence-corrected chi connectivity index (χ1v) is 27.8. The van der Waals surface area contributed by atoms with E-state index in [0.717, 1.165) is 12.8 Å². The van der Waals surface area contributed by atoms with E-state index in [9.17, 15) is 41.8 Å². The molecule has 13 unspecified atom stereocenters. The summed E-state index contributed by atoms with van der Waals surface area (Å²) in [6.07, 6.45) is 0.951. The largest absolute Gasteiger partial charge is 0.463 e. The highest BCUT2D eigenvalue weighted by Crippen LogP contribution is 2.61.